The molecule has 0 bridgehead atoms. The Morgan fingerprint density at radius 1 is 1.14 bits per heavy atom. The molecule has 8 heteroatoms. The van der Waals surface area contributed by atoms with Crippen LogP contribution in [-0.4, -0.2) is 22.5 Å². The molecule has 0 radical (unpaired) electrons. The lowest BCUT2D eigenvalue weighted by Crippen LogP contribution is -2.36. The number of thiazole rings is 1. The van der Waals surface area contributed by atoms with Crippen LogP contribution in [0.3, 0.4) is 0 Å². The van der Waals surface area contributed by atoms with E-state index in [9.17, 15) is 0 Å². The lowest BCUT2D eigenvalue weighted by Gasteiger charge is -2.09. The summed E-state index contributed by atoms with van der Waals surface area (Å²) in [7, 11) is 0. The standard InChI is InChI=1S/C20H25N5OS.HI/c1-4-21-20(23-11-17-13-27-19(25-17)14(2)3)22-10-16-12-26-18(24-16)15-8-6-5-7-9-15;/h5-9,12-14H,4,10-11H2,1-3H3,(H2,21,22,23);1H. The Labute approximate surface area is 186 Å². The molecule has 2 aromatic heterocycles. The van der Waals surface area contributed by atoms with Crippen molar-refractivity contribution in [1.29, 1.82) is 0 Å². The zero-order chi connectivity index (χ0) is 19.1. The molecule has 3 aromatic rings. The Hall–Kier alpha value is -1.94. The predicted molar refractivity (Wildman–Crippen MR) is 125 cm³/mol. The smallest absolute Gasteiger partial charge is 0.226 e. The van der Waals surface area contributed by atoms with Gasteiger partial charge < -0.3 is 15.1 Å². The third kappa shape index (κ3) is 6.30. The molecule has 0 aliphatic rings. The highest BCUT2D eigenvalue weighted by Crippen LogP contribution is 2.19. The van der Waals surface area contributed by atoms with E-state index in [1.54, 1.807) is 17.6 Å². The monoisotopic (exact) mass is 511 g/mol. The Balaban J connectivity index is 0.00000280. The number of aliphatic imine (C=N–C) groups is 1. The second-order valence-electron chi connectivity index (χ2n) is 6.39. The normalized spacial score (nSPS) is 11.4. The summed E-state index contributed by atoms with van der Waals surface area (Å²) in [5, 5.41) is 9.76. The van der Waals surface area contributed by atoms with Gasteiger partial charge in [0.25, 0.3) is 0 Å². The number of aromatic nitrogens is 2. The van der Waals surface area contributed by atoms with Crippen LogP contribution < -0.4 is 10.6 Å². The molecule has 150 valence electrons. The van der Waals surface area contributed by atoms with Gasteiger partial charge in [0.2, 0.25) is 5.89 Å². The molecule has 0 aliphatic heterocycles. The van der Waals surface area contributed by atoms with Crippen LogP contribution in [0.25, 0.3) is 11.5 Å². The second-order valence-corrected chi connectivity index (χ2v) is 7.28. The molecule has 6 nitrogen and oxygen atoms in total. The van der Waals surface area contributed by atoms with Gasteiger partial charge in [-0.3, -0.25) is 0 Å². The SMILES string of the molecule is CCNC(=NCc1csc(C(C)C)n1)NCc1coc(-c2ccccc2)n1.I. The van der Waals surface area contributed by atoms with Crippen molar-refractivity contribution in [2.45, 2.75) is 39.8 Å². The van der Waals surface area contributed by atoms with Crippen molar-refractivity contribution in [2.24, 2.45) is 4.99 Å². The van der Waals surface area contributed by atoms with E-state index in [1.807, 2.05) is 37.3 Å². The van der Waals surface area contributed by atoms with Gasteiger partial charge in [0, 0.05) is 23.4 Å². The van der Waals surface area contributed by atoms with Crippen LogP contribution in [0.1, 0.15) is 43.1 Å². The largest absolute Gasteiger partial charge is 0.444 e. The molecule has 0 amide bonds. The van der Waals surface area contributed by atoms with Crippen molar-refractivity contribution < 1.29 is 4.42 Å². The first-order valence-corrected chi connectivity index (χ1v) is 10.00. The van der Waals surface area contributed by atoms with Gasteiger partial charge in [-0.1, -0.05) is 32.0 Å². The van der Waals surface area contributed by atoms with E-state index in [-0.39, 0.29) is 24.0 Å². The van der Waals surface area contributed by atoms with E-state index >= 15 is 0 Å². The van der Waals surface area contributed by atoms with E-state index in [2.05, 4.69) is 44.8 Å². The number of nitrogens with one attached hydrogen (secondary N) is 2. The van der Waals surface area contributed by atoms with E-state index in [4.69, 9.17) is 4.42 Å². The molecule has 0 atom stereocenters. The first kappa shape index (κ1) is 22.4. The van der Waals surface area contributed by atoms with Gasteiger partial charge >= 0.3 is 0 Å². The molecule has 0 spiro atoms. The fraction of sp³-hybridized carbons (Fsp3) is 0.350. The molecule has 28 heavy (non-hydrogen) atoms. The number of guanidine groups is 1. The molecule has 0 aliphatic carbocycles. The lowest BCUT2D eigenvalue weighted by atomic mass is 10.2. The van der Waals surface area contributed by atoms with Crippen molar-refractivity contribution in [3.63, 3.8) is 0 Å². The minimum atomic E-state index is 0. The summed E-state index contributed by atoms with van der Waals surface area (Å²) in [6.45, 7) is 8.22. The van der Waals surface area contributed by atoms with Crippen molar-refractivity contribution in [2.75, 3.05) is 6.54 Å². The molecule has 1 aromatic carbocycles. The van der Waals surface area contributed by atoms with Gasteiger partial charge in [-0.15, -0.1) is 35.3 Å². The topological polar surface area (TPSA) is 75.3 Å². The van der Waals surface area contributed by atoms with Crippen molar-refractivity contribution in [3.05, 3.63) is 58.4 Å². The number of rotatable bonds is 7. The molecular formula is C20H26IN5OS. The van der Waals surface area contributed by atoms with Gasteiger partial charge in [0.05, 0.1) is 29.5 Å². The second kappa shape index (κ2) is 11.2. The number of nitrogens with zero attached hydrogens (tertiary/aromatic N) is 3. The highest BCUT2D eigenvalue weighted by atomic mass is 127. The number of hydrogen-bond acceptors (Lipinski definition) is 5. The summed E-state index contributed by atoms with van der Waals surface area (Å²) in [5.74, 6) is 1.81. The Morgan fingerprint density at radius 2 is 1.93 bits per heavy atom. The summed E-state index contributed by atoms with van der Waals surface area (Å²) < 4.78 is 5.58. The molecule has 0 saturated carbocycles. The maximum Gasteiger partial charge on any atom is 0.226 e. The van der Waals surface area contributed by atoms with E-state index in [0.29, 0.717) is 24.9 Å². The van der Waals surface area contributed by atoms with Crippen LogP contribution in [0.4, 0.5) is 0 Å². The quantitative estimate of drug-likeness (QED) is 0.271. The van der Waals surface area contributed by atoms with Crippen molar-refractivity contribution in [1.82, 2.24) is 20.6 Å². The van der Waals surface area contributed by atoms with Crippen LogP contribution in [0.2, 0.25) is 0 Å². The summed E-state index contributed by atoms with van der Waals surface area (Å²) in [5.41, 5.74) is 2.79. The number of benzene rings is 1. The van der Waals surface area contributed by atoms with Gasteiger partial charge in [-0.05, 0) is 19.1 Å². The minimum absolute atomic E-state index is 0. The summed E-state index contributed by atoms with van der Waals surface area (Å²) in [6, 6.07) is 9.87. The summed E-state index contributed by atoms with van der Waals surface area (Å²) >= 11 is 1.69. The predicted octanol–water partition coefficient (Wildman–Crippen LogP) is 4.79. The highest BCUT2D eigenvalue weighted by Gasteiger charge is 2.08. The maximum absolute atomic E-state index is 5.58. The number of hydrogen-bond donors (Lipinski definition) is 2. The lowest BCUT2D eigenvalue weighted by molar-refractivity contribution is 0.572. The van der Waals surface area contributed by atoms with Crippen molar-refractivity contribution >= 4 is 41.3 Å². The molecule has 0 saturated heterocycles. The zero-order valence-corrected chi connectivity index (χ0v) is 19.5. The highest BCUT2D eigenvalue weighted by molar-refractivity contribution is 14.0. The molecule has 0 unspecified atom stereocenters. The Kier molecular flexibility index (Phi) is 8.91. The molecule has 3 rings (SSSR count). The van der Waals surface area contributed by atoms with E-state index in [0.717, 1.165) is 34.5 Å². The zero-order valence-electron chi connectivity index (χ0n) is 16.3. The molecule has 2 heterocycles. The molecule has 0 fully saturated rings. The van der Waals surface area contributed by atoms with Crippen LogP contribution in [-0.2, 0) is 13.1 Å². The number of oxazole rings is 1. The van der Waals surface area contributed by atoms with Gasteiger partial charge in [0.1, 0.15) is 6.26 Å². The van der Waals surface area contributed by atoms with E-state index < -0.39 is 0 Å². The molecule has 2 N–H and O–H groups in total. The maximum atomic E-state index is 5.58. The molecular weight excluding hydrogens is 485 g/mol. The van der Waals surface area contributed by atoms with Crippen LogP contribution >= 0.6 is 35.3 Å². The van der Waals surface area contributed by atoms with Crippen LogP contribution in [0, 0.1) is 0 Å². The van der Waals surface area contributed by atoms with Crippen LogP contribution in [0.5, 0.6) is 0 Å². The van der Waals surface area contributed by atoms with Crippen LogP contribution in [0.15, 0.2) is 51.4 Å². The first-order valence-electron chi connectivity index (χ1n) is 9.12. The van der Waals surface area contributed by atoms with Gasteiger partial charge in [0.15, 0.2) is 5.96 Å². The summed E-state index contributed by atoms with van der Waals surface area (Å²) in [6.07, 6.45) is 1.67. The number of halogens is 1. The Morgan fingerprint density at radius 3 is 2.61 bits per heavy atom. The minimum Gasteiger partial charge on any atom is -0.444 e. The Bertz CT molecular complexity index is 876. The van der Waals surface area contributed by atoms with Gasteiger partial charge in [-0.25, -0.2) is 15.0 Å². The van der Waals surface area contributed by atoms with E-state index in [1.165, 1.54) is 0 Å². The fourth-order valence-corrected chi connectivity index (χ4v) is 3.26. The van der Waals surface area contributed by atoms with Gasteiger partial charge in [-0.2, -0.15) is 0 Å². The summed E-state index contributed by atoms with van der Waals surface area (Å²) in [4.78, 5) is 13.8. The average molecular weight is 511 g/mol. The fourth-order valence-electron chi connectivity index (χ4n) is 2.44. The average Bonchev–Trinajstić information content (AvgIpc) is 3.34. The van der Waals surface area contributed by atoms with Crippen molar-refractivity contribution in [3.8, 4) is 11.5 Å². The third-order valence-electron chi connectivity index (χ3n) is 3.82. The first-order chi connectivity index (χ1) is 13.2. The third-order valence-corrected chi connectivity index (χ3v) is 5.01.